The molecular formula is C20H19ClFNO5S. The molecule has 0 aliphatic carbocycles. The first kappa shape index (κ1) is 21.4. The second-order valence-corrected chi connectivity index (χ2v) is 9.24. The largest absolute Gasteiger partial charge is 0.479 e. The molecule has 0 radical (unpaired) electrons. The minimum Gasteiger partial charge on any atom is -0.479 e. The Bertz CT molecular complexity index is 1080. The van der Waals surface area contributed by atoms with Gasteiger partial charge in [-0.2, -0.15) is 4.31 Å². The summed E-state index contributed by atoms with van der Waals surface area (Å²) in [5.41, 5.74) is -1.40. The second kappa shape index (κ2) is 7.85. The molecule has 0 spiro atoms. The molecule has 154 valence electrons. The number of sulfonamides is 1. The van der Waals surface area contributed by atoms with E-state index in [1.807, 2.05) is 0 Å². The molecule has 6 nitrogen and oxygen atoms in total. The first-order valence-corrected chi connectivity index (χ1v) is 10.7. The number of hydrogen-bond donors (Lipinski definition) is 1. The van der Waals surface area contributed by atoms with Gasteiger partial charge in [0.2, 0.25) is 15.7 Å². The van der Waals surface area contributed by atoms with Crippen LogP contribution in [0.4, 0.5) is 4.39 Å². The van der Waals surface area contributed by atoms with E-state index in [9.17, 15) is 22.4 Å². The molecule has 0 amide bonds. The van der Waals surface area contributed by atoms with Gasteiger partial charge in [0.05, 0.1) is 4.90 Å². The minimum absolute atomic E-state index is 0.0720. The van der Waals surface area contributed by atoms with Crippen molar-refractivity contribution < 1.29 is 27.5 Å². The Morgan fingerprint density at radius 3 is 2.28 bits per heavy atom. The fourth-order valence-electron chi connectivity index (χ4n) is 3.30. The smallest absolute Gasteiger partial charge is 0.341 e. The molecule has 1 heterocycles. The van der Waals surface area contributed by atoms with Gasteiger partial charge < -0.3 is 5.11 Å². The quantitative estimate of drug-likeness (QED) is 0.715. The summed E-state index contributed by atoms with van der Waals surface area (Å²) in [7, 11) is -4.07. The highest BCUT2D eigenvalue weighted by atomic mass is 35.5. The van der Waals surface area contributed by atoms with Gasteiger partial charge in [-0.1, -0.05) is 35.9 Å². The average molecular weight is 440 g/mol. The van der Waals surface area contributed by atoms with Crippen molar-refractivity contribution in [3.63, 3.8) is 0 Å². The van der Waals surface area contributed by atoms with Crippen LogP contribution >= 0.6 is 11.6 Å². The number of carboxylic acid groups (broad SMARTS) is 1. The van der Waals surface area contributed by atoms with Crippen LogP contribution in [0.2, 0.25) is 5.02 Å². The Morgan fingerprint density at radius 1 is 1.10 bits per heavy atom. The van der Waals surface area contributed by atoms with Crippen molar-refractivity contribution >= 4 is 33.4 Å². The van der Waals surface area contributed by atoms with E-state index in [1.165, 1.54) is 25.1 Å². The maximum Gasteiger partial charge on any atom is 0.341 e. The molecule has 2 aromatic carbocycles. The fraction of sp³-hybridized carbons (Fsp3) is 0.300. The van der Waals surface area contributed by atoms with Crippen LogP contribution in [0.15, 0.2) is 47.4 Å². The van der Waals surface area contributed by atoms with Gasteiger partial charge in [0, 0.05) is 47.6 Å². The number of nitrogens with zero attached hydrogens (tertiary/aromatic N) is 1. The summed E-state index contributed by atoms with van der Waals surface area (Å²) < 4.78 is 42.0. The summed E-state index contributed by atoms with van der Waals surface area (Å²) in [6.07, 6.45) is -0.872. The molecule has 1 fully saturated rings. The number of benzene rings is 2. The highest BCUT2D eigenvalue weighted by Gasteiger charge is 2.44. The van der Waals surface area contributed by atoms with E-state index < -0.39 is 34.5 Å². The topological polar surface area (TPSA) is 91.8 Å². The number of Topliss-reactive ketones (excluding diaryl/α,β-unsaturated/α-hetero) is 1. The number of halogens is 2. The summed E-state index contributed by atoms with van der Waals surface area (Å²) in [6, 6.07) is 10.9. The van der Waals surface area contributed by atoms with Crippen molar-refractivity contribution in [1.29, 1.82) is 0 Å². The molecule has 2 aromatic rings. The normalized spacial score (nSPS) is 17.1. The zero-order valence-electron chi connectivity index (χ0n) is 15.6. The van der Waals surface area contributed by atoms with Gasteiger partial charge in [-0.25, -0.2) is 17.6 Å². The maximum absolute atomic E-state index is 14.3. The van der Waals surface area contributed by atoms with Crippen LogP contribution in [0.1, 0.15) is 30.1 Å². The Labute approximate surface area is 173 Å². The molecule has 1 N–H and O–H groups in total. The number of carboxylic acids is 1. The van der Waals surface area contributed by atoms with E-state index in [4.69, 9.17) is 16.7 Å². The molecular weight excluding hydrogens is 421 g/mol. The number of ketones is 1. The average Bonchev–Trinajstić information content (AvgIpc) is 2.68. The van der Waals surface area contributed by atoms with Crippen LogP contribution in [0.25, 0.3) is 11.1 Å². The zero-order chi connectivity index (χ0) is 21.4. The molecule has 0 atom stereocenters. The SMILES string of the molecule is CC(=O)c1ccc(S(=O)(=O)N2CCC(F)(C(=O)O)CC2)c(-c2ccccc2Cl)c1. The first-order chi connectivity index (χ1) is 13.6. The Kier molecular flexibility index (Phi) is 5.80. The summed E-state index contributed by atoms with van der Waals surface area (Å²) in [5, 5.41) is 9.34. The number of alkyl halides is 1. The highest BCUT2D eigenvalue weighted by Crippen LogP contribution is 2.37. The third-order valence-electron chi connectivity index (χ3n) is 5.07. The molecule has 0 saturated carbocycles. The molecule has 1 aliphatic rings. The predicted octanol–water partition coefficient (Wildman–Crippen LogP) is 3.79. The number of rotatable bonds is 5. The van der Waals surface area contributed by atoms with Crippen molar-refractivity contribution in [3.8, 4) is 11.1 Å². The molecule has 1 saturated heterocycles. The van der Waals surface area contributed by atoms with Gasteiger partial charge in [0.15, 0.2) is 5.78 Å². The summed E-state index contributed by atoms with van der Waals surface area (Å²) in [4.78, 5) is 22.8. The summed E-state index contributed by atoms with van der Waals surface area (Å²) in [5.74, 6) is -1.82. The Hall–Kier alpha value is -2.29. The lowest BCUT2D eigenvalue weighted by Gasteiger charge is -2.33. The van der Waals surface area contributed by atoms with E-state index in [1.54, 1.807) is 24.3 Å². The number of carbonyl (C=O) groups excluding carboxylic acids is 1. The number of aliphatic carboxylic acids is 1. The highest BCUT2D eigenvalue weighted by molar-refractivity contribution is 7.89. The van der Waals surface area contributed by atoms with Gasteiger partial charge in [-0.15, -0.1) is 0 Å². The summed E-state index contributed by atoms with van der Waals surface area (Å²) >= 11 is 6.26. The van der Waals surface area contributed by atoms with Crippen molar-refractivity contribution in [2.45, 2.75) is 30.3 Å². The lowest BCUT2D eigenvalue weighted by atomic mass is 9.95. The maximum atomic E-state index is 14.3. The molecule has 0 unspecified atom stereocenters. The van der Waals surface area contributed by atoms with E-state index in [-0.39, 0.29) is 29.3 Å². The molecule has 9 heteroatoms. The van der Waals surface area contributed by atoms with E-state index >= 15 is 0 Å². The van der Waals surface area contributed by atoms with Gasteiger partial charge in [0.25, 0.3) is 0 Å². The fourth-order valence-corrected chi connectivity index (χ4v) is 5.16. The molecule has 29 heavy (non-hydrogen) atoms. The van der Waals surface area contributed by atoms with Crippen molar-refractivity contribution in [2.75, 3.05) is 13.1 Å². The van der Waals surface area contributed by atoms with Gasteiger partial charge in [-0.3, -0.25) is 4.79 Å². The number of hydrogen-bond acceptors (Lipinski definition) is 4. The second-order valence-electron chi connectivity index (χ2n) is 6.92. The lowest BCUT2D eigenvalue weighted by molar-refractivity contribution is -0.153. The standard InChI is InChI=1S/C20H19ClFNO5S/c1-13(24)14-6-7-18(16(12-14)15-4-2-3-5-17(15)21)29(27,28)23-10-8-20(22,9-11-23)19(25)26/h2-7,12H,8-11H2,1H3,(H,25,26). The number of carbonyl (C=O) groups is 2. The van der Waals surface area contributed by atoms with Crippen molar-refractivity contribution in [1.82, 2.24) is 4.31 Å². The van der Waals surface area contributed by atoms with Crippen LogP contribution in [-0.2, 0) is 14.8 Å². The van der Waals surface area contributed by atoms with Crippen molar-refractivity contribution in [3.05, 3.63) is 53.1 Å². The van der Waals surface area contributed by atoms with Gasteiger partial charge in [-0.05, 0) is 25.1 Å². The molecule has 1 aliphatic heterocycles. The molecule has 3 rings (SSSR count). The zero-order valence-corrected chi connectivity index (χ0v) is 17.1. The van der Waals surface area contributed by atoms with Crippen LogP contribution in [0.5, 0.6) is 0 Å². The van der Waals surface area contributed by atoms with Gasteiger partial charge in [0.1, 0.15) is 0 Å². The molecule has 0 aromatic heterocycles. The molecule has 0 bridgehead atoms. The predicted molar refractivity (Wildman–Crippen MR) is 106 cm³/mol. The van der Waals surface area contributed by atoms with E-state index in [0.717, 1.165) is 4.31 Å². The third kappa shape index (κ3) is 4.05. The third-order valence-corrected chi connectivity index (χ3v) is 7.35. The van der Waals surface area contributed by atoms with Crippen molar-refractivity contribution in [2.24, 2.45) is 0 Å². The summed E-state index contributed by atoms with van der Waals surface area (Å²) in [6.45, 7) is 0.848. The number of piperidine rings is 1. The van der Waals surface area contributed by atoms with Crippen LogP contribution in [-0.4, -0.2) is 48.3 Å². The van der Waals surface area contributed by atoms with Crippen LogP contribution in [0, 0.1) is 0 Å². The Balaban J connectivity index is 2.07. The minimum atomic E-state index is -4.07. The lowest BCUT2D eigenvalue weighted by Crippen LogP contribution is -2.48. The van der Waals surface area contributed by atoms with E-state index in [2.05, 4.69) is 0 Å². The van der Waals surface area contributed by atoms with Crippen LogP contribution in [0.3, 0.4) is 0 Å². The first-order valence-electron chi connectivity index (χ1n) is 8.88. The van der Waals surface area contributed by atoms with Gasteiger partial charge >= 0.3 is 5.97 Å². The van der Waals surface area contributed by atoms with Crippen LogP contribution < -0.4 is 0 Å². The monoisotopic (exact) mass is 439 g/mol. The van der Waals surface area contributed by atoms with E-state index in [0.29, 0.717) is 16.1 Å². The Morgan fingerprint density at radius 2 is 1.72 bits per heavy atom.